The van der Waals surface area contributed by atoms with Crippen LogP contribution in [-0.2, 0) is 23.2 Å². The van der Waals surface area contributed by atoms with Gasteiger partial charge in [0.15, 0.2) is 5.78 Å². The molecule has 0 unspecified atom stereocenters. The van der Waals surface area contributed by atoms with Crippen LogP contribution in [0.1, 0.15) is 53.6 Å². The molecule has 3 heterocycles. The molecule has 1 aromatic heterocycles. The number of nitrogens with one attached hydrogen (secondary N) is 1. The quantitative estimate of drug-likeness (QED) is 0.714. The third-order valence-electron chi connectivity index (χ3n) is 5.83. The van der Waals surface area contributed by atoms with Crippen molar-refractivity contribution in [3.8, 4) is 0 Å². The van der Waals surface area contributed by atoms with Crippen molar-refractivity contribution in [2.75, 3.05) is 18.5 Å². The van der Waals surface area contributed by atoms with E-state index in [1.807, 2.05) is 45.0 Å². The van der Waals surface area contributed by atoms with Crippen LogP contribution in [0, 0.1) is 5.41 Å². The number of ketones is 1. The van der Waals surface area contributed by atoms with E-state index in [0.717, 1.165) is 28.9 Å². The van der Waals surface area contributed by atoms with Crippen molar-refractivity contribution >= 4 is 40.2 Å². The highest BCUT2D eigenvalue weighted by Crippen LogP contribution is 2.41. The molecule has 0 atom stereocenters. The summed E-state index contributed by atoms with van der Waals surface area (Å²) in [5.41, 5.74) is 4.26. The first-order valence-corrected chi connectivity index (χ1v) is 9.52. The number of halogens is 1. The highest BCUT2D eigenvalue weighted by Gasteiger charge is 2.42. The van der Waals surface area contributed by atoms with E-state index in [9.17, 15) is 9.59 Å². The number of pyridine rings is 1. The maximum absolute atomic E-state index is 12.9. The molecule has 6 nitrogen and oxygen atoms in total. The van der Waals surface area contributed by atoms with Gasteiger partial charge in [0.05, 0.1) is 12.0 Å². The lowest BCUT2D eigenvalue weighted by Gasteiger charge is -2.18. The fourth-order valence-corrected chi connectivity index (χ4v) is 4.04. The number of amidine groups is 1. The Balaban J connectivity index is 0.00000240. The number of anilines is 1. The Kier molecular flexibility index (Phi) is 5.38. The van der Waals surface area contributed by atoms with Crippen LogP contribution >= 0.6 is 17.0 Å². The van der Waals surface area contributed by atoms with Crippen molar-refractivity contribution in [3.05, 3.63) is 58.4 Å². The summed E-state index contributed by atoms with van der Waals surface area (Å²) in [4.78, 5) is 33.4. The van der Waals surface area contributed by atoms with Crippen molar-refractivity contribution in [3.63, 3.8) is 0 Å². The lowest BCUT2D eigenvalue weighted by Crippen LogP contribution is -2.33. The smallest absolute Gasteiger partial charge is 0.236 e. The lowest BCUT2D eigenvalue weighted by molar-refractivity contribution is -0.121. The molecule has 1 aromatic carbocycles. The molecule has 0 saturated carbocycles. The molecule has 0 saturated heterocycles. The summed E-state index contributed by atoms with van der Waals surface area (Å²) in [5.74, 6) is 0.269. The molecule has 2 aromatic rings. The fraction of sp³-hybridized carbons (Fsp3) is 0.364. The number of likely N-dealkylation sites (N-methyl/N-ethyl adjacent to an activating group) is 1. The number of hydrogen-bond acceptors (Lipinski definition) is 4. The van der Waals surface area contributed by atoms with E-state index in [-0.39, 0.29) is 35.2 Å². The Morgan fingerprint density at radius 3 is 2.66 bits per heavy atom. The van der Waals surface area contributed by atoms with Gasteiger partial charge in [-0.15, -0.1) is 17.0 Å². The molecule has 2 aliphatic rings. The molecule has 0 bridgehead atoms. The number of nitrogens with zero attached hydrogens (tertiary/aromatic N) is 3. The van der Waals surface area contributed by atoms with Gasteiger partial charge >= 0.3 is 0 Å². The van der Waals surface area contributed by atoms with Crippen LogP contribution in [0.5, 0.6) is 0 Å². The zero-order chi connectivity index (χ0) is 20.2. The third kappa shape index (κ3) is 3.27. The largest absolute Gasteiger partial charge is 0.343 e. The molecule has 0 fully saturated rings. The van der Waals surface area contributed by atoms with Crippen LogP contribution in [0.4, 0.5) is 5.69 Å². The van der Waals surface area contributed by atoms with E-state index in [0.29, 0.717) is 23.6 Å². The molecule has 7 heteroatoms. The Labute approximate surface area is 181 Å². The normalized spacial score (nSPS) is 16.6. The van der Waals surface area contributed by atoms with E-state index < -0.39 is 5.41 Å². The highest BCUT2D eigenvalue weighted by atomic mass is 79.9. The monoisotopic (exact) mass is 456 g/mol. The van der Waals surface area contributed by atoms with Crippen LogP contribution in [-0.4, -0.2) is 41.0 Å². The van der Waals surface area contributed by atoms with Gasteiger partial charge in [0, 0.05) is 36.1 Å². The summed E-state index contributed by atoms with van der Waals surface area (Å²) in [6, 6.07) is 9.42. The fourth-order valence-electron chi connectivity index (χ4n) is 4.04. The van der Waals surface area contributed by atoms with Crippen molar-refractivity contribution < 1.29 is 9.59 Å². The van der Waals surface area contributed by atoms with Gasteiger partial charge in [-0.3, -0.25) is 15.0 Å². The first kappa shape index (κ1) is 21.2. The van der Waals surface area contributed by atoms with E-state index in [1.165, 1.54) is 0 Å². The van der Waals surface area contributed by atoms with E-state index >= 15 is 0 Å². The van der Waals surface area contributed by atoms with Gasteiger partial charge in [-0.1, -0.05) is 13.0 Å². The van der Waals surface area contributed by atoms with Crippen LogP contribution < -0.4 is 4.90 Å². The summed E-state index contributed by atoms with van der Waals surface area (Å²) in [6.45, 7) is 6.45. The number of Topliss-reactive ketones (excluding diaryl/α,β-unsaturated/α-hetero) is 1. The van der Waals surface area contributed by atoms with Crippen molar-refractivity contribution in [2.45, 2.75) is 39.2 Å². The standard InChI is InChI=1S/C22H24N4O2.BrH/c1-5-15-8-6-14-11-26(20(23)19(14)24-15)12-18(27)13-7-9-17-16(10-13)22(2,3)21(28)25(17)4;/h6-10,23H,5,11-12H2,1-4H3;1H. The van der Waals surface area contributed by atoms with E-state index in [1.54, 1.807) is 22.9 Å². The average Bonchev–Trinajstić information content (AvgIpc) is 3.08. The SMILES string of the molecule is Br.CCc1ccc2c(n1)C(=N)N(CC(=O)c1ccc3c(c1)C(C)(C)C(=O)N3C)C2. The molecule has 0 spiro atoms. The van der Waals surface area contributed by atoms with Gasteiger partial charge in [-0.25, -0.2) is 4.98 Å². The minimum Gasteiger partial charge on any atom is -0.343 e. The van der Waals surface area contributed by atoms with Crippen LogP contribution in [0.25, 0.3) is 0 Å². The Morgan fingerprint density at radius 2 is 1.97 bits per heavy atom. The maximum atomic E-state index is 12.9. The lowest BCUT2D eigenvalue weighted by atomic mass is 9.85. The maximum Gasteiger partial charge on any atom is 0.236 e. The predicted octanol–water partition coefficient (Wildman–Crippen LogP) is 3.50. The number of carbonyl (C=O) groups is 2. The molecular weight excluding hydrogens is 432 g/mol. The first-order chi connectivity index (χ1) is 13.2. The summed E-state index contributed by atoms with van der Waals surface area (Å²) in [7, 11) is 1.76. The van der Waals surface area contributed by atoms with Crippen LogP contribution in [0.3, 0.4) is 0 Å². The minimum absolute atomic E-state index is 0. The van der Waals surface area contributed by atoms with Gasteiger partial charge in [0.2, 0.25) is 5.91 Å². The van der Waals surface area contributed by atoms with Crippen LogP contribution in [0.2, 0.25) is 0 Å². The van der Waals surface area contributed by atoms with Gasteiger partial charge in [0.1, 0.15) is 11.5 Å². The number of rotatable bonds is 4. The Bertz CT molecular complexity index is 1030. The molecule has 1 N–H and O–H groups in total. The summed E-state index contributed by atoms with van der Waals surface area (Å²) in [5, 5.41) is 8.41. The van der Waals surface area contributed by atoms with Gasteiger partial charge < -0.3 is 9.80 Å². The Morgan fingerprint density at radius 1 is 1.24 bits per heavy atom. The predicted molar refractivity (Wildman–Crippen MR) is 118 cm³/mol. The summed E-state index contributed by atoms with van der Waals surface area (Å²) >= 11 is 0. The molecule has 0 radical (unpaired) electrons. The number of aryl methyl sites for hydroxylation is 1. The van der Waals surface area contributed by atoms with Crippen molar-refractivity contribution in [2.24, 2.45) is 0 Å². The zero-order valence-electron chi connectivity index (χ0n) is 17.1. The number of carbonyl (C=O) groups excluding carboxylic acids is 2. The molecule has 4 rings (SSSR count). The van der Waals surface area contributed by atoms with Crippen LogP contribution in [0.15, 0.2) is 30.3 Å². The minimum atomic E-state index is -0.641. The second-order valence-corrected chi connectivity index (χ2v) is 8.01. The third-order valence-corrected chi connectivity index (χ3v) is 5.83. The highest BCUT2D eigenvalue weighted by molar-refractivity contribution is 8.93. The second-order valence-electron chi connectivity index (χ2n) is 8.01. The summed E-state index contributed by atoms with van der Waals surface area (Å²) in [6.07, 6.45) is 0.817. The van der Waals surface area contributed by atoms with Crippen molar-refractivity contribution in [1.82, 2.24) is 9.88 Å². The number of fused-ring (bicyclic) bond motifs is 2. The zero-order valence-corrected chi connectivity index (χ0v) is 18.8. The molecule has 2 aliphatic heterocycles. The van der Waals surface area contributed by atoms with Gasteiger partial charge in [-0.2, -0.15) is 0 Å². The Hall–Kier alpha value is -2.54. The summed E-state index contributed by atoms with van der Waals surface area (Å²) < 4.78 is 0. The topological polar surface area (TPSA) is 77.4 Å². The van der Waals surface area contributed by atoms with Crippen molar-refractivity contribution in [1.29, 1.82) is 5.41 Å². The number of amides is 1. The molecular formula is C22H25BrN4O2. The first-order valence-electron chi connectivity index (χ1n) is 9.52. The molecule has 29 heavy (non-hydrogen) atoms. The second kappa shape index (κ2) is 7.37. The van der Waals surface area contributed by atoms with Gasteiger partial charge in [0.25, 0.3) is 0 Å². The number of benzene rings is 1. The van der Waals surface area contributed by atoms with E-state index in [2.05, 4.69) is 4.98 Å². The molecule has 152 valence electrons. The molecule has 0 aliphatic carbocycles. The average molecular weight is 457 g/mol. The number of aromatic nitrogens is 1. The molecule has 1 amide bonds. The van der Waals surface area contributed by atoms with Gasteiger partial charge in [-0.05, 0) is 50.1 Å². The number of hydrogen-bond donors (Lipinski definition) is 1. The van der Waals surface area contributed by atoms with E-state index in [4.69, 9.17) is 5.41 Å².